The Bertz CT molecular complexity index is 431. The highest BCUT2D eigenvalue weighted by Gasteiger charge is 2.00. The van der Waals surface area contributed by atoms with E-state index >= 15 is 0 Å². The first kappa shape index (κ1) is 11.2. The maximum atomic E-state index is 13.2. The second-order valence-electron chi connectivity index (χ2n) is 3.41. The molecule has 0 aliphatic carbocycles. The van der Waals surface area contributed by atoms with Crippen LogP contribution in [0.2, 0.25) is 0 Å². The third-order valence-electron chi connectivity index (χ3n) is 2.24. The molecular formula is C11H12FN3S. The van der Waals surface area contributed by atoms with Crippen molar-refractivity contribution in [2.45, 2.75) is 13.0 Å². The molecule has 1 aromatic heterocycles. The summed E-state index contributed by atoms with van der Waals surface area (Å²) in [5.74, 6) is -0.139. The van der Waals surface area contributed by atoms with Crippen LogP contribution < -0.4 is 5.32 Å². The third-order valence-corrected chi connectivity index (χ3v) is 2.79. The summed E-state index contributed by atoms with van der Waals surface area (Å²) in [5.41, 5.74) is 1.67. The number of hydrogen-bond donors (Lipinski definition) is 1. The lowest BCUT2D eigenvalue weighted by molar-refractivity contribution is 0.596. The fourth-order valence-electron chi connectivity index (χ4n) is 1.40. The van der Waals surface area contributed by atoms with Crippen LogP contribution in [0.5, 0.6) is 0 Å². The highest BCUT2D eigenvalue weighted by Crippen LogP contribution is 2.06. The zero-order valence-electron chi connectivity index (χ0n) is 8.69. The van der Waals surface area contributed by atoms with E-state index in [1.807, 2.05) is 11.4 Å². The first-order valence-corrected chi connectivity index (χ1v) is 5.90. The first-order valence-electron chi connectivity index (χ1n) is 5.06. The third kappa shape index (κ3) is 3.08. The predicted octanol–water partition coefficient (Wildman–Crippen LogP) is 2.01. The number of rotatable bonds is 5. The Balaban J connectivity index is 1.74. The van der Waals surface area contributed by atoms with E-state index in [1.54, 1.807) is 12.1 Å². The van der Waals surface area contributed by atoms with Crippen molar-refractivity contribution >= 4 is 11.5 Å². The van der Waals surface area contributed by atoms with Gasteiger partial charge < -0.3 is 5.32 Å². The van der Waals surface area contributed by atoms with Crippen LogP contribution in [0.4, 0.5) is 4.39 Å². The lowest BCUT2D eigenvalue weighted by Gasteiger charge is -2.03. The molecule has 0 atom stereocenters. The molecule has 2 aromatic rings. The van der Waals surface area contributed by atoms with Crippen molar-refractivity contribution in [3.8, 4) is 0 Å². The molecular weight excluding hydrogens is 225 g/mol. The summed E-state index contributed by atoms with van der Waals surface area (Å²) in [5, 5.41) is 9.01. The van der Waals surface area contributed by atoms with Gasteiger partial charge in [0.1, 0.15) is 5.82 Å². The average Bonchev–Trinajstić information content (AvgIpc) is 2.79. The standard InChI is InChI=1S/C11H12FN3S/c12-11-4-2-1-3-9(11)5-6-13-7-10-8-16-15-14-10/h1-4,8,13H,5-7H2. The molecule has 0 aliphatic heterocycles. The van der Waals surface area contributed by atoms with Crippen molar-refractivity contribution in [3.05, 3.63) is 46.7 Å². The molecule has 1 heterocycles. The van der Waals surface area contributed by atoms with Crippen molar-refractivity contribution < 1.29 is 4.39 Å². The van der Waals surface area contributed by atoms with Crippen molar-refractivity contribution in [1.82, 2.24) is 14.9 Å². The summed E-state index contributed by atoms with van der Waals surface area (Å²) >= 11 is 1.34. The maximum Gasteiger partial charge on any atom is 0.126 e. The zero-order chi connectivity index (χ0) is 11.2. The summed E-state index contributed by atoms with van der Waals surface area (Å²) < 4.78 is 17.0. The molecule has 0 saturated heterocycles. The fourth-order valence-corrected chi connectivity index (χ4v) is 1.85. The van der Waals surface area contributed by atoms with Crippen LogP contribution in [0.15, 0.2) is 29.6 Å². The van der Waals surface area contributed by atoms with Crippen LogP contribution >= 0.6 is 11.5 Å². The fraction of sp³-hybridized carbons (Fsp3) is 0.273. The van der Waals surface area contributed by atoms with E-state index in [2.05, 4.69) is 14.9 Å². The second kappa shape index (κ2) is 5.67. The lowest BCUT2D eigenvalue weighted by Crippen LogP contribution is -2.17. The Labute approximate surface area is 97.5 Å². The van der Waals surface area contributed by atoms with Crippen LogP contribution in [0, 0.1) is 5.82 Å². The summed E-state index contributed by atoms with van der Waals surface area (Å²) in [6.07, 6.45) is 0.685. The van der Waals surface area contributed by atoms with Gasteiger partial charge >= 0.3 is 0 Å². The van der Waals surface area contributed by atoms with Crippen molar-refractivity contribution in [1.29, 1.82) is 0 Å². The lowest BCUT2D eigenvalue weighted by atomic mass is 10.1. The number of nitrogens with zero attached hydrogens (tertiary/aromatic N) is 2. The molecule has 0 unspecified atom stereocenters. The van der Waals surface area contributed by atoms with Crippen LogP contribution in [0.25, 0.3) is 0 Å². The molecule has 5 heteroatoms. The SMILES string of the molecule is Fc1ccccc1CCNCc1csnn1. The van der Waals surface area contributed by atoms with E-state index in [0.29, 0.717) is 13.0 Å². The molecule has 3 nitrogen and oxygen atoms in total. The summed E-state index contributed by atoms with van der Waals surface area (Å²) in [6, 6.07) is 6.84. The normalized spacial score (nSPS) is 10.6. The Kier molecular flexibility index (Phi) is 3.96. The number of nitrogens with one attached hydrogen (secondary N) is 1. The van der Waals surface area contributed by atoms with Crippen molar-refractivity contribution in [3.63, 3.8) is 0 Å². The van der Waals surface area contributed by atoms with Gasteiger partial charge in [-0.25, -0.2) is 4.39 Å². The minimum atomic E-state index is -0.139. The summed E-state index contributed by atoms with van der Waals surface area (Å²) in [4.78, 5) is 0. The van der Waals surface area contributed by atoms with Gasteiger partial charge in [-0.05, 0) is 36.1 Å². The topological polar surface area (TPSA) is 37.8 Å². The molecule has 0 radical (unpaired) electrons. The van der Waals surface area contributed by atoms with Gasteiger partial charge in [-0.3, -0.25) is 0 Å². The van der Waals surface area contributed by atoms with E-state index in [1.165, 1.54) is 17.6 Å². The van der Waals surface area contributed by atoms with Gasteiger partial charge in [-0.1, -0.05) is 22.7 Å². The number of hydrogen-bond acceptors (Lipinski definition) is 4. The minimum absolute atomic E-state index is 0.139. The highest BCUT2D eigenvalue weighted by atomic mass is 32.1. The molecule has 2 rings (SSSR count). The van der Waals surface area contributed by atoms with E-state index in [-0.39, 0.29) is 5.82 Å². The quantitative estimate of drug-likeness (QED) is 0.808. The second-order valence-corrected chi connectivity index (χ2v) is 4.02. The molecule has 1 N–H and O–H groups in total. The smallest absolute Gasteiger partial charge is 0.126 e. The maximum absolute atomic E-state index is 13.2. The summed E-state index contributed by atoms with van der Waals surface area (Å²) in [6.45, 7) is 1.42. The van der Waals surface area contributed by atoms with Gasteiger partial charge in [0.2, 0.25) is 0 Å². The van der Waals surface area contributed by atoms with Crippen molar-refractivity contribution in [2.24, 2.45) is 0 Å². The Morgan fingerprint density at radius 1 is 1.31 bits per heavy atom. The first-order chi connectivity index (χ1) is 7.86. The van der Waals surface area contributed by atoms with Gasteiger partial charge in [0.25, 0.3) is 0 Å². The Hall–Kier alpha value is -1.33. The molecule has 0 bridgehead atoms. The molecule has 0 aliphatic rings. The van der Waals surface area contributed by atoms with Crippen LogP contribution in [0.3, 0.4) is 0 Å². The van der Waals surface area contributed by atoms with E-state index < -0.39 is 0 Å². The van der Waals surface area contributed by atoms with Gasteiger partial charge in [0.15, 0.2) is 0 Å². The van der Waals surface area contributed by atoms with Gasteiger partial charge in [0.05, 0.1) is 5.69 Å². The van der Waals surface area contributed by atoms with Crippen LogP contribution in [-0.4, -0.2) is 16.1 Å². The van der Waals surface area contributed by atoms with Gasteiger partial charge in [-0.15, -0.1) is 5.10 Å². The Morgan fingerprint density at radius 3 is 2.94 bits per heavy atom. The number of halogens is 1. The zero-order valence-corrected chi connectivity index (χ0v) is 9.51. The molecule has 1 aromatic carbocycles. The van der Waals surface area contributed by atoms with E-state index in [9.17, 15) is 4.39 Å². The molecule has 0 saturated carbocycles. The predicted molar refractivity (Wildman–Crippen MR) is 61.7 cm³/mol. The van der Waals surface area contributed by atoms with Crippen LogP contribution in [-0.2, 0) is 13.0 Å². The monoisotopic (exact) mass is 237 g/mol. The largest absolute Gasteiger partial charge is 0.311 e. The molecule has 0 amide bonds. The molecule has 0 spiro atoms. The highest BCUT2D eigenvalue weighted by molar-refractivity contribution is 7.03. The average molecular weight is 237 g/mol. The minimum Gasteiger partial charge on any atom is -0.311 e. The number of aromatic nitrogens is 2. The molecule has 0 fully saturated rings. The summed E-state index contributed by atoms with van der Waals surface area (Å²) in [7, 11) is 0. The Morgan fingerprint density at radius 2 is 2.19 bits per heavy atom. The van der Waals surface area contributed by atoms with Crippen LogP contribution in [0.1, 0.15) is 11.3 Å². The van der Waals surface area contributed by atoms with E-state index in [4.69, 9.17) is 0 Å². The van der Waals surface area contributed by atoms with Gasteiger partial charge in [0, 0.05) is 11.9 Å². The molecule has 84 valence electrons. The molecule has 16 heavy (non-hydrogen) atoms. The van der Waals surface area contributed by atoms with Crippen molar-refractivity contribution in [2.75, 3.05) is 6.54 Å². The number of benzene rings is 1. The van der Waals surface area contributed by atoms with E-state index in [0.717, 1.165) is 17.8 Å². The van der Waals surface area contributed by atoms with Gasteiger partial charge in [-0.2, -0.15) is 0 Å².